The number of rotatable bonds is 3. The van der Waals surface area contributed by atoms with E-state index in [1.807, 2.05) is 0 Å². The number of nitrogens with one attached hydrogen (secondary N) is 2. The van der Waals surface area contributed by atoms with Gasteiger partial charge in [0.1, 0.15) is 5.82 Å². The number of alkyl halides is 3. The standard InChI is InChI=1S/C12H12F3N3O2S/c1-7-3-4-9(12(13,14)15)5-10(7)18-21(19,20)11-6-16-8(2)17-11/h3-6,18H,1-2H3,(H,16,17). The minimum Gasteiger partial charge on any atom is -0.332 e. The normalized spacial score (nSPS) is 12.4. The van der Waals surface area contributed by atoms with E-state index < -0.39 is 21.8 Å². The zero-order chi connectivity index (χ0) is 15.8. The van der Waals surface area contributed by atoms with Crippen molar-refractivity contribution in [3.63, 3.8) is 0 Å². The molecule has 2 N–H and O–H groups in total. The number of hydrogen-bond acceptors (Lipinski definition) is 3. The van der Waals surface area contributed by atoms with Gasteiger partial charge in [-0.05, 0) is 31.5 Å². The highest BCUT2D eigenvalue weighted by Gasteiger charge is 2.31. The molecule has 0 aliphatic rings. The van der Waals surface area contributed by atoms with E-state index in [1.54, 1.807) is 6.92 Å². The first-order valence-electron chi connectivity index (χ1n) is 5.82. The minimum atomic E-state index is -4.54. The first-order valence-corrected chi connectivity index (χ1v) is 7.30. The molecule has 0 saturated heterocycles. The summed E-state index contributed by atoms with van der Waals surface area (Å²) >= 11 is 0. The predicted octanol–water partition coefficient (Wildman–Crippen LogP) is 2.85. The smallest absolute Gasteiger partial charge is 0.332 e. The summed E-state index contributed by atoms with van der Waals surface area (Å²) in [6, 6.07) is 2.86. The van der Waals surface area contributed by atoms with E-state index in [4.69, 9.17) is 0 Å². The summed E-state index contributed by atoms with van der Waals surface area (Å²) in [5.74, 6) is 0.385. The van der Waals surface area contributed by atoms with Gasteiger partial charge in [-0.2, -0.15) is 21.6 Å². The maximum Gasteiger partial charge on any atom is 0.416 e. The number of halogens is 3. The van der Waals surface area contributed by atoms with Crippen molar-refractivity contribution in [2.75, 3.05) is 4.72 Å². The molecule has 1 aromatic heterocycles. The van der Waals surface area contributed by atoms with Gasteiger partial charge in [-0.3, -0.25) is 4.72 Å². The molecule has 0 bridgehead atoms. The van der Waals surface area contributed by atoms with Gasteiger partial charge >= 0.3 is 6.18 Å². The molecule has 2 rings (SSSR count). The van der Waals surface area contributed by atoms with Gasteiger partial charge in [0.05, 0.1) is 17.4 Å². The third-order valence-electron chi connectivity index (χ3n) is 2.78. The molecular weight excluding hydrogens is 307 g/mol. The number of aromatic nitrogens is 2. The lowest BCUT2D eigenvalue weighted by Gasteiger charge is -2.13. The zero-order valence-electron chi connectivity index (χ0n) is 11.1. The molecule has 0 atom stereocenters. The number of imidazole rings is 1. The first-order chi connectivity index (χ1) is 9.59. The molecule has 1 heterocycles. The largest absolute Gasteiger partial charge is 0.416 e. The molecule has 0 saturated carbocycles. The summed E-state index contributed by atoms with van der Waals surface area (Å²) in [6.07, 6.45) is -3.45. The Morgan fingerprint density at radius 1 is 1.24 bits per heavy atom. The SMILES string of the molecule is Cc1ncc(S(=O)(=O)Nc2cc(C(F)(F)F)ccc2C)[nH]1. The number of anilines is 1. The summed E-state index contributed by atoms with van der Waals surface area (Å²) in [7, 11) is -4.01. The van der Waals surface area contributed by atoms with Crippen LogP contribution in [-0.4, -0.2) is 18.4 Å². The zero-order valence-corrected chi connectivity index (χ0v) is 11.9. The molecule has 0 aliphatic heterocycles. The van der Waals surface area contributed by atoms with Gasteiger partial charge in [0.2, 0.25) is 0 Å². The summed E-state index contributed by atoms with van der Waals surface area (Å²) in [4.78, 5) is 6.27. The van der Waals surface area contributed by atoms with Gasteiger partial charge in [-0.15, -0.1) is 0 Å². The first kappa shape index (κ1) is 15.4. The van der Waals surface area contributed by atoms with E-state index in [-0.39, 0.29) is 10.7 Å². The van der Waals surface area contributed by atoms with Crippen LogP contribution in [0.2, 0.25) is 0 Å². The molecule has 0 aliphatic carbocycles. The van der Waals surface area contributed by atoms with Gasteiger partial charge < -0.3 is 4.98 Å². The lowest BCUT2D eigenvalue weighted by Crippen LogP contribution is -2.15. The quantitative estimate of drug-likeness (QED) is 0.913. The monoisotopic (exact) mass is 319 g/mol. The minimum absolute atomic E-state index is 0.128. The number of aryl methyl sites for hydroxylation is 2. The van der Waals surface area contributed by atoms with Gasteiger partial charge in [0, 0.05) is 0 Å². The molecule has 0 radical (unpaired) electrons. The van der Waals surface area contributed by atoms with Crippen LogP contribution in [0.4, 0.5) is 18.9 Å². The highest BCUT2D eigenvalue weighted by atomic mass is 32.2. The van der Waals surface area contributed by atoms with Crippen LogP contribution in [0.3, 0.4) is 0 Å². The van der Waals surface area contributed by atoms with Crippen molar-refractivity contribution in [3.05, 3.63) is 41.3 Å². The number of benzene rings is 1. The number of aromatic amines is 1. The average Bonchev–Trinajstić information content (AvgIpc) is 2.78. The van der Waals surface area contributed by atoms with Crippen molar-refractivity contribution in [2.45, 2.75) is 25.0 Å². The second-order valence-corrected chi connectivity index (χ2v) is 6.12. The van der Waals surface area contributed by atoms with Crippen LogP contribution in [0.1, 0.15) is 17.0 Å². The summed E-state index contributed by atoms with van der Waals surface area (Å²) in [5, 5.41) is -0.211. The van der Waals surface area contributed by atoms with Crippen molar-refractivity contribution >= 4 is 15.7 Å². The number of nitrogens with zero attached hydrogens (tertiary/aromatic N) is 1. The second-order valence-electron chi connectivity index (χ2n) is 4.47. The van der Waals surface area contributed by atoms with Crippen LogP contribution < -0.4 is 4.72 Å². The Morgan fingerprint density at radius 3 is 2.43 bits per heavy atom. The predicted molar refractivity (Wildman–Crippen MR) is 70.3 cm³/mol. The van der Waals surface area contributed by atoms with Gasteiger partial charge in [0.25, 0.3) is 10.0 Å². The Kier molecular flexibility index (Phi) is 3.70. The van der Waals surface area contributed by atoms with Crippen molar-refractivity contribution in [3.8, 4) is 0 Å². The maximum atomic E-state index is 12.7. The van der Waals surface area contributed by atoms with Crippen LogP contribution in [0.15, 0.2) is 29.4 Å². The molecule has 21 heavy (non-hydrogen) atoms. The number of hydrogen-bond donors (Lipinski definition) is 2. The van der Waals surface area contributed by atoms with Crippen LogP contribution in [-0.2, 0) is 16.2 Å². The van der Waals surface area contributed by atoms with E-state index in [9.17, 15) is 21.6 Å². The molecule has 5 nitrogen and oxygen atoms in total. The van der Waals surface area contributed by atoms with Crippen molar-refractivity contribution in [1.29, 1.82) is 0 Å². The van der Waals surface area contributed by atoms with Gasteiger partial charge in [0.15, 0.2) is 5.03 Å². The molecule has 0 unspecified atom stereocenters. The number of H-pyrrole nitrogens is 1. The molecule has 1 aromatic carbocycles. The fourth-order valence-corrected chi connectivity index (χ4v) is 2.74. The highest BCUT2D eigenvalue weighted by Crippen LogP contribution is 2.32. The molecule has 0 amide bonds. The average molecular weight is 319 g/mol. The Labute approximate surface area is 119 Å². The van der Waals surface area contributed by atoms with Crippen LogP contribution in [0.5, 0.6) is 0 Å². The molecule has 0 fully saturated rings. The van der Waals surface area contributed by atoms with E-state index in [2.05, 4.69) is 14.7 Å². The third-order valence-corrected chi connectivity index (χ3v) is 4.05. The lowest BCUT2D eigenvalue weighted by molar-refractivity contribution is -0.137. The van der Waals surface area contributed by atoms with E-state index in [1.165, 1.54) is 13.0 Å². The van der Waals surface area contributed by atoms with Crippen LogP contribution in [0, 0.1) is 13.8 Å². The van der Waals surface area contributed by atoms with E-state index in [0.29, 0.717) is 11.4 Å². The summed E-state index contributed by atoms with van der Waals surface area (Å²) in [6.45, 7) is 3.07. The summed E-state index contributed by atoms with van der Waals surface area (Å²) in [5.41, 5.74) is -0.675. The van der Waals surface area contributed by atoms with Crippen molar-refractivity contribution in [1.82, 2.24) is 9.97 Å². The fourth-order valence-electron chi connectivity index (χ4n) is 1.64. The Morgan fingerprint density at radius 2 is 1.90 bits per heavy atom. The van der Waals surface area contributed by atoms with Crippen molar-refractivity contribution in [2.24, 2.45) is 0 Å². The van der Waals surface area contributed by atoms with Gasteiger partial charge in [-0.1, -0.05) is 6.07 Å². The molecule has 2 aromatic rings. The topological polar surface area (TPSA) is 74.8 Å². The molecule has 0 spiro atoms. The Bertz CT molecular complexity index is 766. The third kappa shape index (κ3) is 3.35. The molecule has 9 heteroatoms. The molecule has 114 valence electrons. The molecular formula is C12H12F3N3O2S. The van der Waals surface area contributed by atoms with Gasteiger partial charge in [-0.25, -0.2) is 4.98 Å². The van der Waals surface area contributed by atoms with Crippen LogP contribution in [0.25, 0.3) is 0 Å². The Hall–Kier alpha value is -2.03. The number of sulfonamides is 1. The maximum absolute atomic E-state index is 12.7. The summed E-state index contributed by atoms with van der Waals surface area (Å²) < 4.78 is 64.3. The lowest BCUT2D eigenvalue weighted by atomic mass is 10.1. The fraction of sp³-hybridized carbons (Fsp3) is 0.250. The van der Waals surface area contributed by atoms with E-state index >= 15 is 0 Å². The van der Waals surface area contributed by atoms with E-state index in [0.717, 1.165) is 18.3 Å². The van der Waals surface area contributed by atoms with Crippen molar-refractivity contribution < 1.29 is 21.6 Å². The highest BCUT2D eigenvalue weighted by molar-refractivity contribution is 7.92. The Balaban J connectivity index is 2.39. The second kappa shape index (κ2) is 5.06. The van der Waals surface area contributed by atoms with Crippen LogP contribution >= 0.6 is 0 Å².